The molecule has 0 aliphatic carbocycles. The molecule has 170 valence electrons. The van der Waals surface area contributed by atoms with E-state index in [-0.39, 0.29) is 24.5 Å². The van der Waals surface area contributed by atoms with Gasteiger partial charge in [0.1, 0.15) is 12.3 Å². The summed E-state index contributed by atoms with van der Waals surface area (Å²) in [6.45, 7) is 9.35. The van der Waals surface area contributed by atoms with E-state index in [1.165, 1.54) is 0 Å². The summed E-state index contributed by atoms with van der Waals surface area (Å²) in [5.74, 6) is 0.992. The second-order valence-electron chi connectivity index (χ2n) is 8.32. The number of amides is 3. The van der Waals surface area contributed by atoms with E-state index < -0.39 is 0 Å². The van der Waals surface area contributed by atoms with Crippen molar-refractivity contribution in [3.8, 4) is 5.75 Å². The van der Waals surface area contributed by atoms with Gasteiger partial charge in [0.05, 0.1) is 13.7 Å². The van der Waals surface area contributed by atoms with Gasteiger partial charge in [-0.25, -0.2) is 4.79 Å². The van der Waals surface area contributed by atoms with Crippen molar-refractivity contribution in [2.75, 3.05) is 25.5 Å². The summed E-state index contributed by atoms with van der Waals surface area (Å²) in [5.41, 5.74) is 1.72. The van der Waals surface area contributed by atoms with E-state index in [2.05, 4.69) is 19.2 Å². The van der Waals surface area contributed by atoms with E-state index >= 15 is 0 Å². The van der Waals surface area contributed by atoms with Crippen molar-refractivity contribution in [2.24, 2.45) is 13.0 Å². The Hall–Kier alpha value is -2.96. The number of anilines is 1. The van der Waals surface area contributed by atoms with Gasteiger partial charge in [-0.3, -0.25) is 4.79 Å². The number of aryl methyl sites for hydroxylation is 1. The van der Waals surface area contributed by atoms with Gasteiger partial charge in [-0.05, 0) is 55.7 Å². The molecule has 0 aliphatic rings. The quantitative estimate of drug-likeness (QED) is 0.612. The van der Waals surface area contributed by atoms with Crippen molar-refractivity contribution in [1.29, 1.82) is 0 Å². The van der Waals surface area contributed by atoms with Crippen molar-refractivity contribution in [2.45, 2.75) is 46.7 Å². The van der Waals surface area contributed by atoms with Crippen LogP contribution in [0.4, 0.5) is 10.5 Å². The van der Waals surface area contributed by atoms with Gasteiger partial charge in [0.15, 0.2) is 0 Å². The third-order valence-corrected chi connectivity index (χ3v) is 5.37. The highest BCUT2D eigenvalue weighted by Gasteiger charge is 2.25. The number of nitrogens with one attached hydrogen (secondary N) is 1. The molecule has 0 unspecified atom stereocenters. The predicted molar refractivity (Wildman–Crippen MR) is 124 cm³/mol. The van der Waals surface area contributed by atoms with Crippen LogP contribution in [0, 0.1) is 5.92 Å². The molecule has 31 heavy (non-hydrogen) atoms. The van der Waals surface area contributed by atoms with Crippen molar-refractivity contribution < 1.29 is 14.3 Å². The molecule has 1 heterocycles. The molecule has 0 spiro atoms. The first-order valence-corrected chi connectivity index (χ1v) is 10.8. The van der Waals surface area contributed by atoms with Gasteiger partial charge >= 0.3 is 6.03 Å². The van der Waals surface area contributed by atoms with Gasteiger partial charge in [0.25, 0.3) is 0 Å². The Labute approximate surface area is 186 Å². The number of carbonyl (C=O) groups excluding carboxylic acids is 2. The van der Waals surface area contributed by atoms with Crippen molar-refractivity contribution in [1.82, 2.24) is 14.4 Å². The first-order valence-electron chi connectivity index (χ1n) is 10.8. The second kappa shape index (κ2) is 11.4. The molecule has 0 fully saturated rings. The highest BCUT2D eigenvalue weighted by Crippen LogP contribution is 2.17. The summed E-state index contributed by atoms with van der Waals surface area (Å²) >= 11 is 0. The van der Waals surface area contributed by atoms with Gasteiger partial charge in [-0.1, -0.05) is 20.8 Å². The molecule has 3 amide bonds. The van der Waals surface area contributed by atoms with Crippen LogP contribution in [0.25, 0.3) is 0 Å². The fourth-order valence-corrected chi connectivity index (χ4v) is 3.32. The number of hydrogen-bond donors (Lipinski definition) is 1. The molecule has 1 aromatic carbocycles. The maximum Gasteiger partial charge on any atom is 0.322 e. The maximum absolute atomic E-state index is 13.3. The maximum atomic E-state index is 13.3. The van der Waals surface area contributed by atoms with Gasteiger partial charge < -0.3 is 24.4 Å². The molecule has 0 aliphatic heterocycles. The topological polar surface area (TPSA) is 66.8 Å². The molecular weight excluding hydrogens is 392 g/mol. The number of aromatic nitrogens is 1. The molecule has 0 saturated heterocycles. The van der Waals surface area contributed by atoms with E-state index in [9.17, 15) is 9.59 Å². The Morgan fingerprint density at radius 2 is 1.81 bits per heavy atom. The highest BCUT2D eigenvalue weighted by atomic mass is 16.5. The minimum absolute atomic E-state index is 0.0359. The third kappa shape index (κ3) is 7.05. The summed E-state index contributed by atoms with van der Waals surface area (Å²) in [7, 11) is 3.57. The number of methoxy groups -OCH3 is 1. The lowest BCUT2D eigenvalue weighted by Gasteiger charge is -2.32. The van der Waals surface area contributed by atoms with Crippen LogP contribution < -0.4 is 10.1 Å². The van der Waals surface area contributed by atoms with E-state index in [0.717, 1.165) is 17.9 Å². The van der Waals surface area contributed by atoms with E-state index in [4.69, 9.17) is 4.74 Å². The molecule has 0 saturated carbocycles. The fourth-order valence-electron chi connectivity index (χ4n) is 3.32. The number of hydrogen-bond acceptors (Lipinski definition) is 3. The molecule has 1 N–H and O–H groups in total. The summed E-state index contributed by atoms with van der Waals surface area (Å²) < 4.78 is 7.18. The standard InChI is InChI=1S/C24H36N4O3/c1-7-19(4)28(24(30)25-20-10-12-22(31-6)13-11-20)17-23(29)27(15-18(2)3)16-21-9-8-14-26(21)5/h8-14,18-19H,7,15-17H2,1-6H3,(H,25,30)/t19-/m1/s1. The van der Waals surface area contributed by atoms with Crippen LogP contribution in [0.1, 0.15) is 39.8 Å². The van der Waals surface area contributed by atoms with Crippen molar-refractivity contribution in [3.63, 3.8) is 0 Å². The third-order valence-electron chi connectivity index (χ3n) is 5.37. The van der Waals surface area contributed by atoms with Crippen LogP contribution in [0.15, 0.2) is 42.6 Å². The van der Waals surface area contributed by atoms with E-state index in [1.54, 1.807) is 36.3 Å². The van der Waals surface area contributed by atoms with Gasteiger partial charge in [-0.15, -0.1) is 0 Å². The SMILES string of the molecule is CC[C@@H](C)N(CC(=O)N(Cc1cccn1C)CC(C)C)C(=O)Nc1ccc(OC)cc1. The van der Waals surface area contributed by atoms with Gasteiger partial charge in [0, 0.05) is 37.2 Å². The second-order valence-corrected chi connectivity index (χ2v) is 8.32. The van der Waals surface area contributed by atoms with E-state index in [0.29, 0.717) is 24.7 Å². The molecule has 0 radical (unpaired) electrons. The van der Waals surface area contributed by atoms with Crippen LogP contribution in [-0.2, 0) is 18.4 Å². The Morgan fingerprint density at radius 3 is 2.32 bits per heavy atom. The van der Waals surface area contributed by atoms with Crippen molar-refractivity contribution in [3.05, 3.63) is 48.3 Å². The molecule has 0 bridgehead atoms. The number of rotatable bonds is 10. The number of benzene rings is 1. The Bertz CT molecular complexity index is 845. The first-order chi connectivity index (χ1) is 14.7. The van der Waals surface area contributed by atoms with Gasteiger partial charge in [-0.2, -0.15) is 0 Å². The lowest BCUT2D eigenvalue weighted by molar-refractivity contribution is -0.133. The summed E-state index contributed by atoms with van der Waals surface area (Å²) in [6.07, 6.45) is 2.73. The average Bonchev–Trinajstić information content (AvgIpc) is 3.15. The number of urea groups is 1. The Balaban J connectivity index is 2.14. The molecule has 2 rings (SSSR count). The molecule has 7 nitrogen and oxygen atoms in total. The lowest BCUT2D eigenvalue weighted by Crippen LogP contribution is -2.48. The minimum atomic E-state index is -0.281. The number of carbonyl (C=O) groups is 2. The number of ether oxygens (including phenoxy) is 1. The van der Waals surface area contributed by atoms with Crippen LogP contribution >= 0.6 is 0 Å². The Kier molecular flexibility index (Phi) is 8.97. The molecule has 2 aromatic rings. The molecule has 1 atom stereocenters. The monoisotopic (exact) mass is 428 g/mol. The normalized spacial score (nSPS) is 11.8. The first kappa shape index (κ1) is 24.3. The fraction of sp³-hybridized carbons (Fsp3) is 0.500. The Morgan fingerprint density at radius 1 is 1.13 bits per heavy atom. The molecular formula is C24H36N4O3. The summed E-state index contributed by atoms with van der Waals surface area (Å²) in [4.78, 5) is 29.8. The van der Waals surface area contributed by atoms with E-state index in [1.807, 2.05) is 48.7 Å². The smallest absolute Gasteiger partial charge is 0.322 e. The van der Waals surface area contributed by atoms with Crippen LogP contribution in [-0.4, -0.2) is 52.5 Å². The van der Waals surface area contributed by atoms with Crippen LogP contribution in [0.3, 0.4) is 0 Å². The molecule has 1 aromatic heterocycles. The highest BCUT2D eigenvalue weighted by molar-refractivity contribution is 5.92. The van der Waals surface area contributed by atoms with Crippen molar-refractivity contribution >= 4 is 17.6 Å². The van der Waals surface area contributed by atoms with Crippen LogP contribution in [0.5, 0.6) is 5.75 Å². The largest absolute Gasteiger partial charge is 0.497 e. The zero-order chi connectivity index (χ0) is 23.0. The van der Waals surface area contributed by atoms with Crippen LogP contribution in [0.2, 0.25) is 0 Å². The summed E-state index contributed by atoms with van der Waals surface area (Å²) in [6, 6.07) is 10.8. The molecule has 7 heteroatoms. The predicted octanol–water partition coefficient (Wildman–Crippen LogP) is 4.35. The summed E-state index contributed by atoms with van der Waals surface area (Å²) in [5, 5.41) is 2.90. The zero-order valence-corrected chi connectivity index (χ0v) is 19.6. The minimum Gasteiger partial charge on any atom is -0.497 e. The number of nitrogens with zero attached hydrogens (tertiary/aromatic N) is 3. The average molecular weight is 429 g/mol. The lowest BCUT2D eigenvalue weighted by atomic mass is 10.2. The van der Waals surface area contributed by atoms with Gasteiger partial charge in [0.2, 0.25) is 5.91 Å². The zero-order valence-electron chi connectivity index (χ0n) is 19.6.